The maximum atomic E-state index is 12.7. The van der Waals surface area contributed by atoms with Crippen LogP contribution in [-0.4, -0.2) is 23.1 Å². The molecule has 0 fully saturated rings. The summed E-state index contributed by atoms with van der Waals surface area (Å²) < 4.78 is 29.5. The molecular weight excluding hydrogens is 404 g/mol. The molecule has 0 unspecified atom stereocenters. The minimum Gasteiger partial charge on any atom is -0.276 e. The van der Waals surface area contributed by atoms with Gasteiger partial charge in [0.1, 0.15) is 0 Å². The van der Waals surface area contributed by atoms with Crippen LogP contribution in [0.25, 0.3) is 0 Å². The number of benzene rings is 2. The molecule has 0 saturated heterocycles. The molecule has 0 amide bonds. The van der Waals surface area contributed by atoms with E-state index in [1.807, 2.05) is 18.2 Å². The highest BCUT2D eigenvalue weighted by Crippen LogP contribution is 2.26. The molecule has 10 heteroatoms. The van der Waals surface area contributed by atoms with Gasteiger partial charge in [0, 0.05) is 17.2 Å². The van der Waals surface area contributed by atoms with Crippen LogP contribution in [0.3, 0.4) is 0 Å². The quantitative estimate of drug-likeness (QED) is 0.480. The Bertz CT molecular complexity index is 1140. The first-order valence-corrected chi connectivity index (χ1v) is 10.1. The number of hydrogen-bond donors (Lipinski definition) is 1. The Hall–Kier alpha value is -2.91. The van der Waals surface area contributed by atoms with Crippen LogP contribution in [0, 0.1) is 24.0 Å². The zero-order valence-corrected chi connectivity index (χ0v) is 16.7. The average Bonchev–Trinajstić information content (AvgIpc) is 2.91. The molecule has 3 rings (SSSR count). The average molecular weight is 421 g/mol. The summed E-state index contributed by atoms with van der Waals surface area (Å²) in [7, 11) is -3.92. The van der Waals surface area contributed by atoms with Crippen molar-refractivity contribution in [2.75, 3.05) is 4.72 Å². The predicted molar refractivity (Wildman–Crippen MR) is 106 cm³/mol. The van der Waals surface area contributed by atoms with Crippen molar-refractivity contribution in [3.63, 3.8) is 0 Å². The van der Waals surface area contributed by atoms with Crippen LogP contribution in [0.2, 0.25) is 5.02 Å². The van der Waals surface area contributed by atoms with Crippen LogP contribution in [0.15, 0.2) is 53.4 Å². The zero-order chi connectivity index (χ0) is 20.5. The topological polar surface area (TPSA) is 107 Å². The van der Waals surface area contributed by atoms with Crippen LogP contribution < -0.4 is 4.72 Å². The lowest BCUT2D eigenvalue weighted by atomic mass is 10.2. The lowest BCUT2D eigenvalue weighted by Crippen LogP contribution is -2.14. The zero-order valence-electron chi connectivity index (χ0n) is 15.1. The van der Waals surface area contributed by atoms with E-state index in [-0.39, 0.29) is 10.6 Å². The van der Waals surface area contributed by atoms with Crippen LogP contribution in [-0.2, 0) is 16.6 Å². The molecule has 3 aromatic rings. The Labute approximate surface area is 167 Å². The molecule has 0 atom stereocenters. The number of hydrogen-bond acceptors (Lipinski definition) is 5. The molecule has 0 bridgehead atoms. The Balaban J connectivity index is 1.89. The third-order valence-corrected chi connectivity index (χ3v) is 5.99. The van der Waals surface area contributed by atoms with Crippen LogP contribution in [0.5, 0.6) is 0 Å². The molecule has 8 nitrogen and oxygen atoms in total. The molecule has 28 heavy (non-hydrogen) atoms. The molecule has 0 aliphatic heterocycles. The van der Waals surface area contributed by atoms with Gasteiger partial charge in [-0.25, -0.2) is 8.42 Å². The molecule has 1 aromatic heterocycles. The molecule has 1 N–H and O–H groups in total. The number of sulfonamides is 1. The van der Waals surface area contributed by atoms with Crippen molar-refractivity contribution in [2.24, 2.45) is 0 Å². The largest absolute Gasteiger partial charge is 0.276 e. The van der Waals surface area contributed by atoms with E-state index in [0.29, 0.717) is 28.6 Å². The fourth-order valence-corrected chi connectivity index (χ4v) is 4.10. The molecule has 0 saturated carbocycles. The number of halogens is 1. The number of nitrogens with one attached hydrogen (secondary N) is 1. The summed E-state index contributed by atoms with van der Waals surface area (Å²) in [6, 6.07) is 12.0. The minimum absolute atomic E-state index is 0.0734. The van der Waals surface area contributed by atoms with Crippen molar-refractivity contribution in [1.82, 2.24) is 9.78 Å². The molecule has 0 aliphatic carbocycles. The van der Waals surface area contributed by atoms with Gasteiger partial charge in [-0.15, -0.1) is 0 Å². The first-order chi connectivity index (χ1) is 13.2. The number of non-ortho nitro benzene ring substituents is 1. The third-order valence-electron chi connectivity index (χ3n) is 4.25. The Morgan fingerprint density at radius 3 is 2.39 bits per heavy atom. The van der Waals surface area contributed by atoms with Crippen LogP contribution in [0.1, 0.15) is 17.0 Å². The summed E-state index contributed by atoms with van der Waals surface area (Å²) in [5.74, 6) is 0. The van der Waals surface area contributed by atoms with Crippen molar-refractivity contribution in [2.45, 2.75) is 25.3 Å². The van der Waals surface area contributed by atoms with Crippen molar-refractivity contribution < 1.29 is 13.3 Å². The number of rotatable bonds is 6. The fraction of sp³-hybridized carbons (Fsp3) is 0.167. The number of nitro groups is 1. The van der Waals surface area contributed by atoms with E-state index in [0.717, 1.165) is 17.7 Å². The summed E-state index contributed by atoms with van der Waals surface area (Å²) in [4.78, 5) is 10.1. The van der Waals surface area contributed by atoms with E-state index in [1.165, 1.54) is 12.1 Å². The second-order valence-corrected chi connectivity index (χ2v) is 8.24. The van der Waals surface area contributed by atoms with E-state index in [1.54, 1.807) is 24.6 Å². The first-order valence-electron chi connectivity index (χ1n) is 8.24. The maximum absolute atomic E-state index is 12.7. The molecule has 146 valence electrons. The second-order valence-electron chi connectivity index (χ2n) is 6.15. The number of aromatic nitrogens is 2. The smallest absolute Gasteiger partial charge is 0.269 e. The highest BCUT2D eigenvalue weighted by molar-refractivity contribution is 7.92. The molecular formula is C18H17ClN4O4S. The van der Waals surface area contributed by atoms with Crippen LogP contribution in [0.4, 0.5) is 11.4 Å². The lowest BCUT2D eigenvalue weighted by molar-refractivity contribution is -0.384. The maximum Gasteiger partial charge on any atom is 0.269 e. The predicted octanol–water partition coefficient (Wildman–Crippen LogP) is 3.91. The second kappa shape index (κ2) is 7.61. The molecule has 1 heterocycles. The minimum atomic E-state index is -3.92. The first kappa shape index (κ1) is 19.8. The van der Waals surface area contributed by atoms with Crippen molar-refractivity contribution >= 4 is 33.0 Å². The summed E-state index contributed by atoms with van der Waals surface area (Å²) in [5, 5.41) is 15.7. The van der Waals surface area contributed by atoms with Gasteiger partial charge in [0.2, 0.25) is 0 Å². The Kier molecular flexibility index (Phi) is 5.39. The number of aryl methyl sites for hydroxylation is 1. The van der Waals surface area contributed by atoms with Gasteiger partial charge in [-0.1, -0.05) is 29.8 Å². The van der Waals surface area contributed by atoms with Crippen molar-refractivity contribution in [3.05, 3.63) is 80.6 Å². The van der Waals surface area contributed by atoms with E-state index < -0.39 is 14.9 Å². The van der Waals surface area contributed by atoms with Gasteiger partial charge >= 0.3 is 0 Å². The van der Waals surface area contributed by atoms with E-state index in [2.05, 4.69) is 9.82 Å². The standard InChI is InChI=1S/C18H17ClN4O4S/c1-12-18(13(2)22(20-12)11-14-5-3-4-6-17(14)19)21-28(26,27)16-9-7-15(8-10-16)23(24)25/h3-10,21H,11H2,1-2H3. The van der Waals surface area contributed by atoms with Gasteiger partial charge in [0.15, 0.2) is 0 Å². The SMILES string of the molecule is Cc1nn(Cc2ccccc2Cl)c(C)c1NS(=O)(=O)c1ccc([N+](=O)[O-])cc1. The van der Waals surface area contributed by atoms with E-state index in [4.69, 9.17) is 11.6 Å². The van der Waals surface area contributed by atoms with Gasteiger partial charge in [-0.05, 0) is 37.6 Å². The molecule has 0 spiro atoms. The highest BCUT2D eigenvalue weighted by Gasteiger charge is 2.21. The fourth-order valence-electron chi connectivity index (χ4n) is 2.73. The number of anilines is 1. The number of nitro benzene ring substituents is 1. The van der Waals surface area contributed by atoms with Crippen molar-refractivity contribution in [3.8, 4) is 0 Å². The molecule has 0 radical (unpaired) electrons. The van der Waals surface area contributed by atoms with Gasteiger partial charge in [-0.3, -0.25) is 19.5 Å². The summed E-state index contributed by atoms with van der Waals surface area (Å²) in [6.07, 6.45) is 0. The normalized spacial score (nSPS) is 11.4. The van der Waals surface area contributed by atoms with Gasteiger partial charge < -0.3 is 0 Å². The van der Waals surface area contributed by atoms with E-state index >= 15 is 0 Å². The van der Waals surface area contributed by atoms with E-state index in [9.17, 15) is 18.5 Å². The van der Waals surface area contributed by atoms with Crippen molar-refractivity contribution in [1.29, 1.82) is 0 Å². The third kappa shape index (κ3) is 4.00. The summed E-state index contributed by atoms with van der Waals surface area (Å²) >= 11 is 6.19. The van der Waals surface area contributed by atoms with Gasteiger partial charge in [0.05, 0.1) is 33.4 Å². The lowest BCUT2D eigenvalue weighted by Gasteiger charge is -2.10. The molecule has 0 aliphatic rings. The monoisotopic (exact) mass is 420 g/mol. The van der Waals surface area contributed by atoms with Gasteiger partial charge in [-0.2, -0.15) is 5.10 Å². The number of nitrogens with zero attached hydrogens (tertiary/aromatic N) is 3. The Morgan fingerprint density at radius 2 is 1.79 bits per heavy atom. The highest BCUT2D eigenvalue weighted by atomic mass is 35.5. The van der Waals surface area contributed by atoms with Gasteiger partial charge in [0.25, 0.3) is 15.7 Å². The Morgan fingerprint density at radius 1 is 1.14 bits per heavy atom. The summed E-state index contributed by atoms with van der Waals surface area (Å²) in [6.45, 7) is 3.85. The van der Waals surface area contributed by atoms with Crippen LogP contribution >= 0.6 is 11.6 Å². The summed E-state index contributed by atoms with van der Waals surface area (Å²) in [5.41, 5.74) is 2.18. The molecule has 2 aromatic carbocycles.